The third-order valence-corrected chi connectivity index (χ3v) is 7.96. The number of nitrogens with one attached hydrogen (secondary N) is 1. The smallest absolute Gasteiger partial charge is 0.410 e. The highest BCUT2D eigenvalue weighted by Gasteiger charge is 2.34. The highest BCUT2D eigenvalue weighted by molar-refractivity contribution is 7.89. The molecule has 14 heteroatoms. The van der Waals surface area contributed by atoms with Gasteiger partial charge in [0.15, 0.2) is 5.13 Å². The second kappa shape index (κ2) is 11.0. The van der Waals surface area contributed by atoms with Crippen molar-refractivity contribution in [2.45, 2.75) is 26.4 Å². The summed E-state index contributed by atoms with van der Waals surface area (Å²) in [6, 6.07) is 10.6. The molecule has 1 aliphatic rings. The number of amides is 4. The van der Waals surface area contributed by atoms with Crippen LogP contribution in [-0.4, -0.2) is 78.7 Å². The van der Waals surface area contributed by atoms with E-state index in [4.69, 9.17) is 16.3 Å². The number of para-hydroxylation sites is 1. The molecule has 1 saturated heterocycles. The van der Waals surface area contributed by atoms with Crippen LogP contribution in [0.15, 0.2) is 42.5 Å². The molecular formula is C25H28ClN5O6S2. The van der Waals surface area contributed by atoms with Gasteiger partial charge in [0.25, 0.3) is 5.91 Å². The minimum Gasteiger partial charge on any atom is -0.444 e. The Hall–Kier alpha value is -3.42. The number of sulfonamides is 1. The first-order chi connectivity index (χ1) is 18.2. The van der Waals surface area contributed by atoms with E-state index in [1.807, 2.05) is 11.0 Å². The van der Waals surface area contributed by atoms with Gasteiger partial charge in [-0.05, 0) is 51.1 Å². The van der Waals surface area contributed by atoms with E-state index in [0.717, 1.165) is 22.3 Å². The van der Waals surface area contributed by atoms with Crippen LogP contribution in [0.5, 0.6) is 0 Å². The molecule has 1 aliphatic heterocycles. The first kappa shape index (κ1) is 28.6. The van der Waals surface area contributed by atoms with Crippen LogP contribution in [-0.2, 0) is 14.8 Å². The molecule has 2 heterocycles. The van der Waals surface area contributed by atoms with Crippen LogP contribution in [0.2, 0.25) is 5.02 Å². The lowest BCUT2D eigenvalue weighted by Crippen LogP contribution is -2.50. The molecule has 1 N–H and O–H groups in total. The molecule has 1 fully saturated rings. The standard InChI is InChI=1S/C25H28ClN5O6S2/c1-25(2,3)37-24(34)30-13-11-29(12-14-30)16-9-10-18(26)17(15-16)21(32)31(39(4,35)36)23(33)28-22-27-19-7-5-6-8-20(19)38-22/h5-10,15H,11-14H2,1-4H3,(H,27,28,33). The van der Waals surface area contributed by atoms with E-state index >= 15 is 0 Å². The molecule has 208 valence electrons. The first-order valence-corrected chi connectivity index (χ1v) is 15.0. The van der Waals surface area contributed by atoms with Crippen molar-refractivity contribution in [2.24, 2.45) is 0 Å². The van der Waals surface area contributed by atoms with E-state index in [-0.39, 0.29) is 20.0 Å². The number of fused-ring (bicyclic) bond motifs is 1. The molecule has 0 bridgehead atoms. The Bertz CT molecular complexity index is 1490. The Balaban J connectivity index is 1.52. The van der Waals surface area contributed by atoms with Gasteiger partial charge in [-0.15, -0.1) is 0 Å². The summed E-state index contributed by atoms with van der Waals surface area (Å²) in [7, 11) is -4.33. The number of hydrogen-bond acceptors (Lipinski definition) is 9. The number of nitrogens with zero attached hydrogens (tertiary/aromatic N) is 4. The van der Waals surface area contributed by atoms with Crippen molar-refractivity contribution in [1.29, 1.82) is 0 Å². The fourth-order valence-corrected chi connectivity index (χ4v) is 5.72. The lowest BCUT2D eigenvalue weighted by atomic mass is 10.1. The molecule has 0 aliphatic carbocycles. The lowest BCUT2D eigenvalue weighted by Gasteiger charge is -2.37. The lowest BCUT2D eigenvalue weighted by molar-refractivity contribution is 0.0240. The zero-order chi connectivity index (χ0) is 28.5. The third kappa shape index (κ3) is 6.78. The van der Waals surface area contributed by atoms with Gasteiger partial charge in [-0.3, -0.25) is 10.1 Å². The third-order valence-electron chi connectivity index (χ3n) is 5.69. The van der Waals surface area contributed by atoms with E-state index < -0.39 is 33.7 Å². The molecule has 4 amide bonds. The topological polar surface area (TPSA) is 129 Å². The molecule has 0 unspecified atom stereocenters. The van der Waals surface area contributed by atoms with Crippen molar-refractivity contribution in [3.63, 3.8) is 0 Å². The van der Waals surface area contributed by atoms with Crippen molar-refractivity contribution in [2.75, 3.05) is 42.7 Å². The van der Waals surface area contributed by atoms with Crippen molar-refractivity contribution < 1.29 is 27.5 Å². The summed E-state index contributed by atoms with van der Waals surface area (Å²) in [5.74, 6) is -1.10. The van der Waals surface area contributed by atoms with E-state index in [2.05, 4.69) is 10.3 Å². The number of thiazole rings is 1. The predicted molar refractivity (Wildman–Crippen MR) is 151 cm³/mol. The van der Waals surface area contributed by atoms with Crippen molar-refractivity contribution >= 4 is 72.0 Å². The molecule has 3 aromatic rings. The SMILES string of the molecule is CC(C)(C)OC(=O)N1CCN(c2ccc(Cl)c(C(=O)N(C(=O)Nc3nc4ccccc4s3)S(C)(=O)=O)c2)CC1. The summed E-state index contributed by atoms with van der Waals surface area (Å²) >= 11 is 7.44. The van der Waals surface area contributed by atoms with Crippen LogP contribution >= 0.6 is 22.9 Å². The fraction of sp³-hybridized carbons (Fsp3) is 0.360. The first-order valence-electron chi connectivity index (χ1n) is 12.0. The van der Waals surface area contributed by atoms with Crippen molar-refractivity contribution in [3.8, 4) is 0 Å². The molecule has 0 spiro atoms. The summed E-state index contributed by atoms with van der Waals surface area (Å²) in [6.45, 7) is 7.07. The van der Waals surface area contributed by atoms with Crippen LogP contribution in [0.1, 0.15) is 31.1 Å². The zero-order valence-electron chi connectivity index (χ0n) is 21.8. The minimum absolute atomic E-state index is 0.0161. The number of anilines is 2. The van der Waals surface area contributed by atoms with E-state index in [1.165, 1.54) is 12.1 Å². The van der Waals surface area contributed by atoms with Gasteiger partial charge in [0, 0.05) is 31.9 Å². The van der Waals surface area contributed by atoms with Crippen LogP contribution in [0.25, 0.3) is 10.2 Å². The van der Waals surface area contributed by atoms with Crippen molar-refractivity contribution in [1.82, 2.24) is 14.2 Å². The number of rotatable bonds is 4. The number of piperazine rings is 1. The normalized spacial score (nSPS) is 14.3. The van der Waals surface area contributed by atoms with Crippen molar-refractivity contribution in [3.05, 3.63) is 53.1 Å². The highest BCUT2D eigenvalue weighted by Crippen LogP contribution is 2.28. The average molecular weight is 594 g/mol. The Labute approximate surface area is 235 Å². The number of benzene rings is 2. The molecule has 4 rings (SSSR count). The van der Waals surface area contributed by atoms with Gasteiger partial charge in [0.1, 0.15) is 5.60 Å². The summed E-state index contributed by atoms with van der Waals surface area (Å²) < 4.78 is 31.5. The predicted octanol–water partition coefficient (Wildman–Crippen LogP) is 4.64. The largest absolute Gasteiger partial charge is 0.444 e. The van der Waals surface area contributed by atoms with E-state index in [0.29, 0.717) is 37.4 Å². The van der Waals surface area contributed by atoms with E-state index in [1.54, 1.807) is 49.9 Å². The van der Waals surface area contributed by atoms with Gasteiger partial charge in [0.05, 0.1) is 27.1 Å². The van der Waals surface area contributed by atoms with Gasteiger partial charge in [0.2, 0.25) is 10.0 Å². The number of urea groups is 1. The number of aromatic nitrogens is 1. The summed E-state index contributed by atoms with van der Waals surface area (Å²) in [5, 5.41) is 2.54. The molecule has 1 aromatic heterocycles. The van der Waals surface area contributed by atoms with Crippen LogP contribution in [0, 0.1) is 0 Å². The highest BCUT2D eigenvalue weighted by atomic mass is 35.5. The Morgan fingerprint density at radius 2 is 1.74 bits per heavy atom. The quantitative estimate of drug-likeness (QED) is 0.463. The van der Waals surface area contributed by atoms with Gasteiger partial charge < -0.3 is 14.5 Å². The minimum atomic E-state index is -4.33. The maximum Gasteiger partial charge on any atom is 0.410 e. The Morgan fingerprint density at radius 1 is 1.08 bits per heavy atom. The zero-order valence-corrected chi connectivity index (χ0v) is 24.2. The maximum absolute atomic E-state index is 13.4. The number of hydrogen-bond donors (Lipinski definition) is 1. The summed E-state index contributed by atoms with van der Waals surface area (Å²) in [5.41, 5.74) is 0.447. The maximum atomic E-state index is 13.4. The van der Waals surface area contributed by atoms with Gasteiger partial charge in [-0.2, -0.15) is 4.31 Å². The van der Waals surface area contributed by atoms with Crippen LogP contribution in [0.3, 0.4) is 0 Å². The average Bonchev–Trinajstić information content (AvgIpc) is 3.24. The number of halogens is 1. The Morgan fingerprint density at radius 3 is 2.36 bits per heavy atom. The number of imide groups is 1. The Kier molecular flexibility index (Phi) is 8.05. The van der Waals surface area contributed by atoms with Gasteiger partial charge >= 0.3 is 12.1 Å². The van der Waals surface area contributed by atoms with Gasteiger partial charge in [-0.1, -0.05) is 35.1 Å². The summed E-state index contributed by atoms with van der Waals surface area (Å²) in [6.07, 6.45) is 0.355. The second-order valence-electron chi connectivity index (χ2n) is 9.87. The van der Waals surface area contributed by atoms with Crippen LogP contribution < -0.4 is 10.2 Å². The van der Waals surface area contributed by atoms with Crippen LogP contribution in [0.4, 0.5) is 20.4 Å². The second-order valence-corrected chi connectivity index (χ2v) is 13.1. The number of carbonyl (C=O) groups excluding carboxylic acids is 3. The monoisotopic (exact) mass is 593 g/mol. The molecule has 0 radical (unpaired) electrons. The number of carbonyl (C=O) groups is 3. The fourth-order valence-electron chi connectivity index (χ4n) is 3.92. The van der Waals surface area contributed by atoms with E-state index in [9.17, 15) is 22.8 Å². The summed E-state index contributed by atoms with van der Waals surface area (Å²) in [4.78, 5) is 46.6. The molecule has 0 atom stereocenters. The number of ether oxygens (including phenoxy) is 1. The molecule has 11 nitrogen and oxygen atoms in total. The molecular weight excluding hydrogens is 566 g/mol. The van der Waals surface area contributed by atoms with Gasteiger partial charge in [-0.25, -0.2) is 23.0 Å². The molecule has 0 saturated carbocycles. The molecule has 39 heavy (non-hydrogen) atoms. The molecule has 2 aromatic carbocycles.